The Labute approximate surface area is 164 Å². The molecular weight excluding hydrogens is 362 g/mol. The SMILES string of the molecule is COc1ccc(C(NC(=O)CCc2ccccc2Cl)c2nccn2C)cc1. The number of nitrogens with one attached hydrogen (secondary N) is 1. The van der Waals surface area contributed by atoms with Crippen LogP contribution < -0.4 is 10.1 Å². The van der Waals surface area contributed by atoms with Crippen molar-refractivity contribution < 1.29 is 9.53 Å². The van der Waals surface area contributed by atoms with E-state index in [1.165, 1.54) is 0 Å². The minimum atomic E-state index is -0.338. The van der Waals surface area contributed by atoms with Gasteiger partial charge >= 0.3 is 0 Å². The van der Waals surface area contributed by atoms with Gasteiger partial charge in [0.25, 0.3) is 0 Å². The van der Waals surface area contributed by atoms with Crippen molar-refractivity contribution >= 4 is 17.5 Å². The van der Waals surface area contributed by atoms with Crippen LogP contribution in [0, 0.1) is 0 Å². The molecule has 1 atom stereocenters. The zero-order valence-electron chi connectivity index (χ0n) is 15.4. The first-order valence-electron chi connectivity index (χ1n) is 8.72. The summed E-state index contributed by atoms with van der Waals surface area (Å²) in [4.78, 5) is 17.0. The van der Waals surface area contributed by atoms with E-state index in [1.807, 2.05) is 66.3 Å². The van der Waals surface area contributed by atoms with Gasteiger partial charge in [-0.05, 0) is 35.7 Å². The molecule has 1 N–H and O–H groups in total. The third-order valence-corrected chi connectivity index (χ3v) is 4.82. The van der Waals surface area contributed by atoms with E-state index in [0.717, 1.165) is 22.7 Å². The van der Waals surface area contributed by atoms with Crippen LogP contribution in [-0.4, -0.2) is 22.6 Å². The van der Waals surface area contributed by atoms with Crippen LogP contribution in [0.3, 0.4) is 0 Å². The molecule has 1 aromatic heterocycles. The van der Waals surface area contributed by atoms with Crippen LogP contribution in [0.4, 0.5) is 0 Å². The first-order valence-corrected chi connectivity index (χ1v) is 9.10. The molecule has 1 unspecified atom stereocenters. The number of nitrogens with zero attached hydrogens (tertiary/aromatic N) is 2. The Balaban J connectivity index is 1.76. The first kappa shape index (κ1) is 19.0. The van der Waals surface area contributed by atoms with Gasteiger partial charge in [0.05, 0.1) is 7.11 Å². The van der Waals surface area contributed by atoms with E-state index in [1.54, 1.807) is 13.3 Å². The number of halogens is 1. The number of carbonyl (C=O) groups excluding carboxylic acids is 1. The van der Waals surface area contributed by atoms with Crippen molar-refractivity contribution in [3.8, 4) is 5.75 Å². The van der Waals surface area contributed by atoms with Gasteiger partial charge in [-0.3, -0.25) is 4.79 Å². The van der Waals surface area contributed by atoms with Crippen molar-refractivity contribution in [2.45, 2.75) is 18.9 Å². The van der Waals surface area contributed by atoms with Crippen LogP contribution in [0.2, 0.25) is 5.02 Å². The highest BCUT2D eigenvalue weighted by Crippen LogP contribution is 2.23. The molecule has 0 saturated heterocycles. The molecular formula is C21H22ClN3O2. The Hall–Kier alpha value is -2.79. The number of methoxy groups -OCH3 is 1. The van der Waals surface area contributed by atoms with E-state index in [0.29, 0.717) is 17.9 Å². The first-order chi connectivity index (χ1) is 13.1. The lowest BCUT2D eigenvalue weighted by atomic mass is 10.0. The van der Waals surface area contributed by atoms with Crippen LogP contribution in [0.1, 0.15) is 29.4 Å². The fourth-order valence-electron chi connectivity index (χ4n) is 2.93. The number of rotatable bonds is 7. The van der Waals surface area contributed by atoms with Crippen LogP contribution >= 0.6 is 11.6 Å². The predicted molar refractivity (Wildman–Crippen MR) is 106 cm³/mol. The topological polar surface area (TPSA) is 56.1 Å². The highest BCUT2D eigenvalue weighted by molar-refractivity contribution is 6.31. The van der Waals surface area contributed by atoms with Crippen LogP contribution in [0.5, 0.6) is 5.75 Å². The quantitative estimate of drug-likeness (QED) is 0.672. The van der Waals surface area contributed by atoms with E-state index in [9.17, 15) is 4.79 Å². The molecule has 6 heteroatoms. The minimum absolute atomic E-state index is 0.0567. The highest BCUT2D eigenvalue weighted by Gasteiger charge is 2.20. The summed E-state index contributed by atoms with van der Waals surface area (Å²) in [6.07, 6.45) is 4.52. The Morgan fingerprint density at radius 1 is 1.22 bits per heavy atom. The molecule has 1 amide bonds. The number of aromatic nitrogens is 2. The van der Waals surface area contributed by atoms with Crippen LogP contribution in [-0.2, 0) is 18.3 Å². The number of amides is 1. The molecule has 0 aliphatic carbocycles. The van der Waals surface area contributed by atoms with Gasteiger partial charge in [0, 0.05) is 30.9 Å². The van der Waals surface area contributed by atoms with E-state index in [2.05, 4.69) is 10.3 Å². The molecule has 0 aliphatic rings. The zero-order chi connectivity index (χ0) is 19.2. The van der Waals surface area contributed by atoms with Gasteiger partial charge in [0.2, 0.25) is 5.91 Å². The van der Waals surface area contributed by atoms with Crippen molar-refractivity contribution in [2.75, 3.05) is 7.11 Å². The molecule has 0 saturated carbocycles. The van der Waals surface area contributed by atoms with Crippen molar-refractivity contribution in [3.05, 3.63) is 82.9 Å². The van der Waals surface area contributed by atoms with E-state index >= 15 is 0 Å². The molecule has 0 radical (unpaired) electrons. The summed E-state index contributed by atoms with van der Waals surface area (Å²) >= 11 is 6.18. The second-order valence-electron chi connectivity index (χ2n) is 6.26. The molecule has 140 valence electrons. The number of aryl methyl sites for hydroxylation is 2. The predicted octanol–water partition coefficient (Wildman–Crippen LogP) is 3.92. The highest BCUT2D eigenvalue weighted by atomic mass is 35.5. The third kappa shape index (κ3) is 4.68. The average Bonchev–Trinajstić information content (AvgIpc) is 3.11. The zero-order valence-corrected chi connectivity index (χ0v) is 16.1. The van der Waals surface area contributed by atoms with Gasteiger partial charge < -0.3 is 14.6 Å². The van der Waals surface area contributed by atoms with E-state index in [-0.39, 0.29) is 11.9 Å². The maximum Gasteiger partial charge on any atom is 0.221 e. The van der Waals surface area contributed by atoms with Crippen molar-refractivity contribution in [1.82, 2.24) is 14.9 Å². The number of ether oxygens (including phenoxy) is 1. The molecule has 0 spiro atoms. The average molecular weight is 384 g/mol. The van der Waals surface area contributed by atoms with Gasteiger partial charge in [-0.25, -0.2) is 4.98 Å². The summed E-state index contributed by atoms with van der Waals surface area (Å²) in [7, 11) is 3.54. The fraction of sp³-hybridized carbons (Fsp3) is 0.238. The number of hydrogen-bond acceptors (Lipinski definition) is 3. The molecule has 3 aromatic rings. The molecule has 27 heavy (non-hydrogen) atoms. The van der Waals surface area contributed by atoms with E-state index < -0.39 is 0 Å². The van der Waals surface area contributed by atoms with Crippen LogP contribution in [0.15, 0.2) is 60.9 Å². The largest absolute Gasteiger partial charge is 0.497 e. The smallest absolute Gasteiger partial charge is 0.221 e. The number of carbonyl (C=O) groups is 1. The maximum atomic E-state index is 12.6. The van der Waals surface area contributed by atoms with Crippen molar-refractivity contribution in [2.24, 2.45) is 7.05 Å². The Bertz CT molecular complexity index is 906. The fourth-order valence-corrected chi connectivity index (χ4v) is 3.16. The summed E-state index contributed by atoms with van der Waals surface area (Å²) in [5.74, 6) is 1.48. The maximum absolute atomic E-state index is 12.6. The molecule has 0 bridgehead atoms. The van der Waals surface area contributed by atoms with Gasteiger partial charge in [-0.2, -0.15) is 0 Å². The summed E-state index contributed by atoms with van der Waals surface area (Å²) in [6.45, 7) is 0. The molecule has 1 heterocycles. The normalized spacial score (nSPS) is 11.8. The van der Waals surface area contributed by atoms with Gasteiger partial charge in [-0.15, -0.1) is 0 Å². The van der Waals surface area contributed by atoms with Gasteiger partial charge in [0.1, 0.15) is 17.6 Å². The number of imidazole rings is 1. The molecule has 0 aliphatic heterocycles. The van der Waals surface area contributed by atoms with Gasteiger partial charge in [-0.1, -0.05) is 41.9 Å². The number of hydrogen-bond donors (Lipinski definition) is 1. The lowest BCUT2D eigenvalue weighted by molar-refractivity contribution is -0.121. The molecule has 0 fully saturated rings. The lowest BCUT2D eigenvalue weighted by Gasteiger charge is -2.19. The third-order valence-electron chi connectivity index (χ3n) is 4.45. The molecule has 2 aromatic carbocycles. The second kappa shape index (κ2) is 8.73. The van der Waals surface area contributed by atoms with Gasteiger partial charge in [0.15, 0.2) is 0 Å². The standard InChI is InChI=1S/C21H22ClN3O2/c1-25-14-13-23-21(25)20(16-7-10-17(27-2)11-8-16)24-19(26)12-9-15-5-3-4-6-18(15)22/h3-8,10-11,13-14,20H,9,12H2,1-2H3,(H,24,26). The van der Waals surface area contributed by atoms with Crippen molar-refractivity contribution in [3.63, 3.8) is 0 Å². The van der Waals surface area contributed by atoms with E-state index in [4.69, 9.17) is 16.3 Å². The molecule has 5 nitrogen and oxygen atoms in total. The Kier molecular flexibility index (Phi) is 6.14. The molecule has 3 rings (SSSR count). The Morgan fingerprint density at radius 3 is 2.59 bits per heavy atom. The summed E-state index contributed by atoms with van der Waals surface area (Å²) in [5.41, 5.74) is 1.91. The summed E-state index contributed by atoms with van der Waals surface area (Å²) in [5, 5.41) is 3.78. The van der Waals surface area contributed by atoms with Crippen LogP contribution in [0.25, 0.3) is 0 Å². The minimum Gasteiger partial charge on any atom is -0.497 e. The Morgan fingerprint density at radius 2 is 1.96 bits per heavy atom. The lowest BCUT2D eigenvalue weighted by Crippen LogP contribution is -2.31. The summed E-state index contributed by atoms with van der Waals surface area (Å²) in [6, 6.07) is 14.9. The number of benzene rings is 2. The summed E-state index contributed by atoms with van der Waals surface area (Å²) < 4.78 is 7.13. The van der Waals surface area contributed by atoms with Crippen molar-refractivity contribution in [1.29, 1.82) is 0 Å². The second-order valence-corrected chi connectivity index (χ2v) is 6.67. The monoisotopic (exact) mass is 383 g/mol.